The first-order valence-electron chi connectivity index (χ1n) is 9.49. The summed E-state index contributed by atoms with van der Waals surface area (Å²) in [5, 5.41) is 5.49. The fourth-order valence-corrected chi connectivity index (χ4v) is 2.53. The SMILES string of the molecule is CC(C)[C@H](NC(=O)OCc1ccccc1)C(=O)NCCCOc1ccccc1. The van der Waals surface area contributed by atoms with Crippen LogP contribution in [0.3, 0.4) is 0 Å². The zero-order chi connectivity index (χ0) is 20.2. The van der Waals surface area contributed by atoms with Gasteiger partial charge in [-0.1, -0.05) is 62.4 Å². The van der Waals surface area contributed by atoms with Gasteiger partial charge in [0, 0.05) is 6.54 Å². The summed E-state index contributed by atoms with van der Waals surface area (Å²) in [6, 6.07) is 18.3. The lowest BCUT2D eigenvalue weighted by molar-refractivity contribution is -0.124. The highest BCUT2D eigenvalue weighted by Gasteiger charge is 2.24. The Morgan fingerprint density at radius 2 is 1.61 bits per heavy atom. The van der Waals surface area contributed by atoms with Gasteiger partial charge in [0.2, 0.25) is 5.91 Å². The van der Waals surface area contributed by atoms with Crippen LogP contribution in [-0.2, 0) is 16.1 Å². The normalized spacial score (nSPS) is 11.5. The predicted octanol–water partition coefficient (Wildman–Crippen LogP) is 3.52. The second-order valence-corrected chi connectivity index (χ2v) is 6.73. The van der Waals surface area contributed by atoms with Gasteiger partial charge in [-0.2, -0.15) is 0 Å². The minimum atomic E-state index is -0.654. The highest BCUT2D eigenvalue weighted by atomic mass is 16.5. The van der Waals surface area contributed by atoms with Crippen molar-refractivity contribution in [2.24, 2.45) is 5.92 Å². The molecule has 0 aliphatic heterocycles. The average Bonchev–Trinajstić information content (AvgIpc) is 2.71. The standard InChI is InChI=1S/C22H28N2O4/c1-17(2)20(24-22(26)28-16-18-10-5-3-6-11-18)21(25)23-14-9-15-27-19-12-7-4-8-13-19/h3-8,10-13,17,20H,9,14-16H2,1-2H3,(H,23,25)(H,24,26)/t20-/m0/s1. The van der Waals surface area contributed by atoms with Crippen molar-refractivity contribution in [1.29, 1.82) is 0 Å². The van der Waals surface area contributed by atoms with E-state index in [2.05, 4.69) is 10.6 Å². The van der Waals surface area contributed by atoms with Gasteiger partial charge in [-0.25, -0.2) is 4.79 Å². The number of hydrogen-bond donors (Lipinski definition) is 2. The van der Waals surface area contributed by atoms with Crippen LogP contribution in [0.15, 0.2) is 60.7 Å². The molecular formula is C22H28N2O4. The molecule has 0 aliphatic rings. The molecule has 6 nitrogen and oxygen atoms in total. The Bertz CT molecular complexity index is 720. The number of amides is 2. The molecule has 2 rings (SSSR count). The molecule has 1 atom stereocenters. The number of nitrogens with one attached hydrogen (secondary N) is 2. The summed E-state index contributed by atoms with van der Waals surface area (Å²) in [7, 11) is 0. The number of carbonyl (C=O) groups excluding carboxylic acids is 2. The average molecular weight is 384 g/mol. The number of benzene rings is 2. The predicted molar refractivity (Wildman–Crippen MR) is 108 cm³/mol. The molecule has 28 heavy (non-hydrogen) atoms. The second kappa shape index (κ2) is 11.6. The van der Waals surface area contributed by atoms with E-state index in [0.29, 0.717) is 19.6 Å². The maximum atomic E-state index is 12.4. The van der Waals surface area contributed by atoms with E-state index in [-0.39, 0.29) is 18.4 Å². The largest absolute Gasteiger partial charge is 0.494 e. The van der Waals surface area contributed by atoms with Gasteiger partial charge in [0.05, 0.1) is 6.61 Å². The highest BCUT2D eigenvalue weighted by molar-refractivity contribution is 5.85. The Hall–Kier alpha value is -3.02. The molecule has 0 heterocycles. The summed E-state index contributed by atoms with van der Waals surface area (Å²) in [6.45, 7) is 4.88. The third-order valence-electron chi connectivity index (χ3n) is 4.07. The molecule has 6 heteroatoms. The zero-order valence-electron chi connectivity index (χ0n) is 16.4. The summed E-state index contributed by atoms with van der Waals surface area (Å²) in [6.07, 6.45) is 0.0642. The summed E-state index contributed by atoms with van der Waals surface area (Å²) < 4.78 is 10.8. The highest BCUT2D eigenvalue weighted by Crippen LogP contribution is 2.08. The molecule has 0 spiro atoms. The van der Waals surface area contributed by atoms with Crippen LogP contribution in [0.2, 0.25) is 0 Å². The quantitative estimate of drug-likeness (QED) is 0.615. The van der Waals surface area contributed by atoms with Crippen LogP contribution in [0.5, 0.6) is 5.75 Å². The third-order valence-corrected chi connectivity index (χ3v) is 4.07. The molecular weight excluding hydrogens is 356 g/mol. The minimum Gasteiger partial charge on any atom is -0.494 e. The van der Waals surface area contributed by atoms with Crippen molar-refractivity contribution in [2.75, 3.05) is 13.2 Å². The fraction of sp³-hybridized carbons (Fsp3) is 0.364. The molecule has 0 saturated heterocycles. The van der Waals surface area contributed by atoms with Crippen molar-refractivity contribution in [3.63, 3.8) is 0 Å². The van der Waals surface area contributed by atoms with E-state index in [1.165, 1.54) is 0 Å². The Balaban J connectivity index is 1.69. The lowest BCUT2D eigenvalue weighted by atomic mass is 10.0. The fourth-order valence-electron chi connectivity index (χ4n) is 2.53. The van der Waals surface area contributed by atoms with Crippen molar-refractivity contribution in [1.82, 2.24) is 10.6 Å². The van der Waals surface area contributed by atoms with Crippen LogP contribution in [0.25, 0.3) is 0 Å². The summed E-state index contributed by atoms with van der Waals surface area (Å²) in [4.78, 5) is 24.4. The molecule has 0 radical (unpaired) electrons. The summed E-state index contributed by atoms with van der Waals surface area (Å²) >= 11 is 0. The van der Waals surface area contributed by atoms with E-state index < -0.39 is 12.1 Å². The van der Waals surface area contributed by atoms with E-state index in [0.717, 1.165) is 11.3 Å². The van der Waals surface area contributed by atoms with Crippen LogP contribution in [0.4, 0.5) is 4.79 Å². The molecule has 0 unspecified atom stereocenters. The second-order valence-electron chi connectivity index (χ2n) is 6.73. The summed E-state index contributed by atoms with van der Waals surface area (Å²) in [5.74, 6) is 0.507. The van der Waals surface area contributed by atoms with Crippen LogP contribution in [-0.4, -0.2) is 31.2 Å². The number of ether oxygens (including phenoxy) is 2. The van der Waals surface area contributed by atoms with Gasteiger partial charge >= 0.3 is 6.09 Å². The zero-order valence-corrected chi connectivity index (χ0v) is 16.4. The van der Waals surface area contributed by atoms with Crippen LogP contribution < -0.4 is 15.4 Å². The van der Waals surface area contributed by atoms with Crippen molar-refractivity contribution < 1.29 is 19.1 Å². The van der Waals surface area contributed by atoms with E-state index in [4.69, 9.17) is 9.47 Å². The summed E-state index contributed by atoms with van der Waals surface area (Å²) in [5.41, 5.74) is 0.890. The Morgan fingerprint density at radius 3 is 2.25 bits per heavy atom. The van der Waals surface area contributed by atoms with Crippen LogP contribution in [0, 0.1) is 5.92 Å². The Morgan fingerprint density at radius 1 is 0.964 bits per heavy atom. The molecule has 150 valence electrons. The topological polar surface area (TPSA) is 76.7 Å². The van der Waals surface area contributed by atoms with Crippen molar-refractivity contribution >= 4 is 12.0 Å². The smallest absolute Gasteiger partial charge is 0.408 e. The minimum absolute atomic E-state index is 0.0650. The molecule has 2 aromatic carbocycles. The number of carbonyl (C=O) groups is 2. The molecule has 0 saturated carbocycles. The maximum Gasteiger partial charge on any atom is 0.408 e. The lowest BCUT2D eigenvalue weighted by Gasteiger charge is -2.21. The van der Waals surface area contributed by atoms with E-state index >= 15 is 0 Å². The van der Waals surface area contributed by atoms with Crippen LogP contribution >= 0.6 is 0 Å². The molecule has 2 aromatic rings. The van der Waals surface area contributed by atoms with E-state index in [1.807, 2.05) is 74.5 Å². The van der Waals surface area contributed by atoms with Crippen LogP contribution in [0.1, 0.15) is 25.8 Å². The Kier molecular flexibility index (Phi) is 8.85. The van der Waals surface area contributed by atoms with Gasteiger partial charge in [0.1, 0.15) is 18.4 Å². The lowest BCUT2D eigenvalue weighted by Crippen LogP contribution is -2.50. The van der Waals surface area contributed by atoms with E-state index in [1.54, 1.807) is 0 Å². The first-order chi connectivity index (χ1) is 13.6. The van der Waals surface area contributed by atoms with Crippen molar-refractivity contribution in [2.45, 2.75) is 32.9 Å². The molecule has 0 aromatic heterocycles. The molecule has 0 bridgehead atoms. The number of para-hydroxylation sites is 1. The first-order valence-corrected chi connectivity index (χ1v) is 9.49. The molecule has 2 N–H and O–H groups in total. The van der Waals surface area contributed by atoms with Gasteiger partial charge in [0.15, 0.2) is 0 Å². The van der Waals surface area contributed by atoms with Gasteiger partial charge < -0.3 is 20.1 Å². The number of rotatable bonds is 10. The number of hydrogen-bond acceptors (Lipinski definition) is 4. The Labute approximate surface area is 166 Å². The molecule has 2 amide bonds. The molecule has 0 aliphatic carbocycles. The third kappa shape index (κ3) is 7.70. The van der Waals surface area contributed by atoms with Crippen molar-refractivity contribution in [3.8, 4) is 5.75 Å². The van der Waals surface area contributed by atoms with Gasteiger partial charge in [-0.05, 0) is 30.0 Å². The van der Waals surface area contributed by atoms with Crippen molar-refractivity contribution in [3.05, 3.63) is 66.2 Å². The first kappa shape index (κ1) is 21.3. The number of alkyl carbamates (subject to hydrolysis) is 1. The monoisotopic (exact) mass is 384 g/mol. The van der Waals surface area contributed by atoms with Gasteiger partial charge in [-0.15, -0.1) is 0 Å². The van der Waals surface area contributed by atoms with E-state index in [9.17, 15) is 9.59 Å². The van der Waals surface area contributed by atoms with Gasteiger partial charge in [0.25, 0.3) is 0 Å². The van der Waals surface area contributed by atoms with Gasteiger partial charge in [-0.3, -0.25) is 4.79 Å². The molecule has 0 fully saturated rings. The maximum absolute atomic E-state index is 12.4.